The van der Waals surface area contributed by atoms with Gasteiger partial charge < -0.3 is 14.7 Å². The molecule has 0 bridgehead atoms. The third kappa shape index (κ3) is 4.18. The number of carbonyl (C=O) groups excluding carboxylic acids is 1. The molecule has 2 unspecified atom stereocenters. The van der Waals surface area contributed by atoms with Crippen LogP contribution in [0.1, 0.15) is 32.2 Å². The zero-order valence-corrected chi connectivity index (χ0v) is 13.0. The van der Waals surface area contributed by atoms with Gasteiger partial charge in [0.25, 0.3) is 0 Å². The molecule has 6 heteroatoms. The van der Waals surface area contributed by atoms with Gasteiger partial charge in [-0.15, -0.1) is 11.3 Å². The van der Waals surface area contributed by atoms with Gasteiger partial charge in [0.15, 0.2) is 0 Å². The van der Waals surface area contributed by atoms with Crippen molar-refractivity contribution in [2.24, 2.45) is 5.92 Å². The Bertz CT molecular complexity index is 442. The lowest BCUT2D eigenvalue weighted by atomic mass is 9.99. The largest absolute Gasteiger partial charge is 0.444 e. The number of rotatable bonds is 3. The summed E-state index contributed by atoms with van der Waals surface area (Å²) in [5.74, 6) is 0.103. The van der Waals surface area contributed by atoms with Gasteiger partial charge in [-0.3, -0.25) is 0 Å². The molecule has 1 aromatic heterocycles. The first-order valence-corrected chi connectivity index (χ1v) is 7.77. The normalized spacial score (nSPS) is 21.0. The van der Waals surface area contributed by atoms with Crippen LogP contribution in [0.2, 0.25) is 0 Å². The third-order valence-corrected chi connectivity index (χ3v) is 4.09. The van der Waals surface area contributed by atoms with E-state index in [0.29, 0.717) is 19.5 Å². The fourth-order valence-corrected chi connectivity index (χ4v) is 2.96. The predicted octanol–water partition coefficient (Wildman–Crippen LogP) is 2.30. The summed E-state index contributed by atoms with van der Waals surface area (Å²) in [6.07, 6.45) is 2.38. The second-order valence-electron chi connectivity index (χ2n) is 6.17. The van der Waals surface area contributed by atoms with Crippen molar-refractivity contribution in [1.29, 1.82) is 0 Å². The van der Waals surface area contributed by atoms with Crippen LogP contribution < -0.4 is 0 Å². The highest BCUT2D eigenvalue weighted by Gasteiger charge is 2.33. The van der Waals surface area contributed by atoms with E-state index < -0.39 is 11.7 Å². The predicted molar refractivity (Wildman–Crippen MR) is 77.7 cm³/mol. The monoisotopic (exact) mass is 298 g/mol. The smallest absolute Gasteiger partial charge is 0.410 e. The van der Waals surface area contributed by atoms with Crippen molar-refractivity contribution in [2.75, 3.05) is 13.1 Å². The van der Waals surface area contributed by atoms with Gasteiger partial charge in [0.2, 0.25) is 0 Å². The Kier molecular flexibility index (Phi) is 4.65. The number of ether oxygens (including phenoxy) is 1. The Labute approximate surface area is 123 Å². The van der Waals surface area contributed by atoms with Crippen molar-refractivity contribution in [3.8, 4) is 0 Å². The number of likely N-dealkylation sites (tertiary alicyclic amines) is 1. The molecule has 112 valence electrons. The summed E-state index contributed by atoms with van der Waals surface area (Å²) < 4.78 is 5.35. The fraction of sp³-hybridized carbons (Fsp3) is 0.714. The lowest BCUT2D eigenvalue weighted by Gasteiger charge is -2.25. The Morgan fingerprint density at radius 3 is 3.00 bits per heavy atom. The van der Waals surface area contributed by atoms with E-state index in [9.17, 15) is 9.90 Å². The summed E-state index contributed by atoms with van der Waals surface area (Å²) in [4.78, 5) is 17.8. The van der Waals surface area contributed by atoms with Gasteiger partial charge in [-0.25, -0.2) is 9.78 Å². The molecule has 0 aromatic carbocycles. The molecule has 2 rings (SSSR count). The summed E-state index contributed by atoms with van der Waals surface area (Å²) in [6.45, 7) is 6.78. The molecule has 2 heterocycles. The molecule has 1 fully saturated rings. The van der Waals surface area contributed by atoms with E-state index in [1.807, 2.05) is 26.2 Å². The first-order valence-electron chi connectivity index (χ1n) is 6.89. The molecular formula is C14H22N2O3S. The highest BCUT2D eigenvalue weighted by atomic mass is 32.1. The highest BCUT2D eigenvalue weighted by Crippen LogP contribution is 2.24. The van der Waals surface area contributed by atoms with Crippen molar-refractivity contribution in [1.82, 2.24) is 9.88 Å². The van der Waals surface area contributed by atoms with E-state index in [-0.39, 0.29) is 12.0 Å². The SMILES string of the molecule is CC(C)(C)OC(=O)N1CCC(C(O)Cc2nccs2)C1. The van der Waals surface area contributed by atoms with Crippen LogP contribution in [-0.2, 0) is 11.2 Å². The number of aromatic nitrogens is 1. The van der Waals surface area contributed by atoms with Crippen LogP contribution in [0.4, 0.5) is 4.79 Å². The van der Waals surface area contributed by atoms with Crippen molar-refractivity contribution < 1.29 is 14.6 Å². The van der Waals surface area contributed by atoms with Crippen LogP contribution in [0.5, 0.6) is 0 Å². The number of nitrogens with zero attached hydrogens (tertiary/aromatic N) is 2. The molecule has 2 atom stereocenters. The minimum absolute atomic E-state index is 0.103. The molecule has 0 aliphatic carbocycles. The second-order valence-corrected chi connectivity index (χ2v) is 7.15. The molecule has 20 heavy (non-hydrogen) atoms. The molecular weight excluding hydrogens is 276 g/mol. The molecule has 1 aliphatic heterocycles. The number of amides is 1. The summed E-state index contributed by atoms with van der Waals surface area (Å²) in [6, 6.07) is 0. The molecule has 5 nitrogen and oxygen atoms in total. The maximum Gasteiger partial charge on any atom is 0.410 e. The maximum atomic E-state index is 12.0. The Hall–Kier alpha value is -1.14. The number of hydrogen-bond donors (Lipinski definition) is 1. The lowest BCUT2D eigenvalue weighted by molar-refractivity contribution is 0.0269. The average molecular weight is 298 g/mol. The molecule has 0 saturated carbocycles. The fourth-order valence-electron chi connectivity index (χ4n) is 2.29. The van der Waals surface area contributed by atoms with Gasteiger partial charge in [-0.2, -0.15) is 0 Å². The van der Waals surface area contributed by atoms with E-state index in [2.05, 4.69) is 4.98 Å². The summed E-state index contributed by atoms with van der Waals surface area (Å²) in [5.41, 5.74) is -0.478. The first kappa shape index (κ1) is 15.3. The van der Waals surface area contributed by atoms with E-state index in [1.54, 1.807) is 22.4 Å². The van der Waals surface area contributed by atoms with E-state index in [0.717, 1.165) is 11.4 Å². The average Bonchev–Trinajstić information content (AvgIpc) is 2.96. The molecule has 1 N–H and O–H groups in total. The quantitative estimate of drug-likeness (QED) is 0.930. The standard InChI is InChI=1S/C14H22N2O3S/c1-14(2,3)19-13(18)16-6-4-10(9-16)11(17)8-12-15-5-7-20-12/h5,7,10-11,17H,4,6,8-9H2,1-3H3. The van der Waals surface area contributed by atoms with Gasteiger partial charge in [0, 0.05) is 37.0 Å². The number of hydrogen-bond acceptors (Lipinski definition) is 5. The summed E-state index contributed by atoms with van der Waals surface area (Å²) >= 11 is 1.55. The van der Waals surface area contributed by atoms with Crippen molar-refractivity contribution in [2.45, 2.75) is 45.3 Å². The molecule has 0 radical (unpaired) electrons. The van der Waals surface area contributed by atoms with Crippen LogP contribution in [0.15, 0.2) is 11.6 Å². The van der Waals surface area contributed by atoms with Crippen LogP contribution in [0.3, 0.4) is 0 Å². The maximum absolute atomic E-state index is 12.0. The Morgan fingerprint density at radius 2 is 2.40 bits per heavy atom. The number of thiazole rings is 1. The van der Waals surface area contributed by atoms with Gasteiger partial charge in [-0.05, 0) is 27.2 Å². The summed E-state index contributed by atoms with van der Waals surface area (Å²) in [5, 5.41) is 13.1. The molecule has 1 amide bonds. The third-order valence-electron chi connectivity index (χ3n) is 3.29. The topological polar surface area (TPSA) is 62.7 Å². The summed E-state index contributed by atoms with van der Waals surface area (Å²) in [7, 11) is 0. The first-order chi connectivity index (χ1) is 9.35. The van der Waals surface area contributed by atoms with Gasteiger partial charge in [0.1, 0.15) is 5.60 Å². The molecule has 1 saturated heterocycles. The van der Waals surface area contributed by atoms with Crippen molar-refractivity contribution in [3.63, 3.8) is 0 Å². The number of aliphatic hydroxyl groups is 1. The number of aliphatic hydroxyl groups excluding tert-OH is 1. The van der Waals surface area contributed by atoms with E-state index in [4.69, 9.17) is 4.74 Å². The van der Waals surface area contributed by atoms with Crippen LogP contribution in [-0.4, -0.2) is 45.9 Å². The van der Waals surface area contributed by atoms with Crippen LogP contribution >= 0.6 is 11.3 Å². The molecule has 1 aromatic rings. The van der Waals surface area contributed by atoms with Gasteiger partial charge >= 0.3 is 6.09 Å². The van der Waals surface area contributed by atoms with E-state index in [1.165, 1.54) is 0 Å². The zero-order valence-electron chi connectivity index (χ0n) is 12.2. The van der Waals surface area contributed by atoms with Gasteiger partial charge in [0.05, 0.1) is 11.1 Å². The van der Waals surface area contributed by atoms with Gasteiger partial charge in [-0.1, -0.05) is 0 Å². The van der Waals surface area contributed by atoms with Crippen LogP contribution in [0.25, 0.3) is 0 Å². The lowest BCUT2D eigenvalue weighted by Crippen LogP contribution is -2.36. The van der Waals surface area contributed by atoms with E-state index >= 15 is 0 Å². The minimum atomic E-state index is -0.478. The Morgan fingerprint density at radius 1 is 1.65 bits per heavy atom. The molecule has 1 aliphatic rings. The molecule has 0 spiro atoms. The van der Waals surface area contributed by atoms with Crippen LogP contribution in [0, 0.1) is 5.92 Å². The van der Waals surface area contributed by atoms with Crippen molar-refractivity contribution >= 4 is 17.4 Å². The Balaban J connectivity index is 1.84. The highest BCUT2D eigenvalue weighted by molar-refractivity contribution is 7.09. The second kappa shape index (κ2) is 6.10. The number of carbonyl (C=O) groups is 1. The zero-order chi connectivity index (χ0) is 14.8. The minimum Gasteiger partial charge on any atom is -0.444 e. The van der Waals surface area contributed by atoms with Crippen molar-refractivity contribution in [3.05, 3.63) is 16.6 Å².